The standard InChI is InChI=1S/C26H25BrN2O6S/c1-6-35-25(31)22-14(2)28-26-29(23(22)15-7-9-17(32-3)10-8-15)24(30)21(36-26)12-16-11-18(27)20(34-5)13-19(16)33-4/h7-13,23H,6H2,1-5H3/t23-/m1/s1. The summed E-state index contributed by atoms with van der Waals surface area (Å²) in [6, 6.07) is 10.1. The molecule has 0 N–H and O–H groups in total. The van der Waals surface area contributed by atoms with E-state index in [-0.39, 0.29) is 12.2 Å². The normalized spacial score (nSPS) is 15.3. The van der Waals surface area contributed by atoms with Crippen LogP contribution < -0.4 is 29.1 Å². The number of rotatable bonds is 7. The zero-order valence-electron chi connectivity index (χ0n) is 20.5. The molecule has 3 aromatic rings. The number of esters is 1. The van der Waals surface area contributed by atoms with Crippen LogP contribution in [0.25, 0.3) is 6.08 Å². The van der Waals surface area contributed by atoms with Gasteiger partial charge in [-0.15, -0.1) is 0 Å². The van der Waals surface area contributed by atoms with Crippen molar-refractivity contribution in [2.24, 2.45) is 4.99 Å². The van der Waals surface area contributed by atoms with E-state index in [2.05, 4.69) is 20.9 Å². The maximum atomic E-state index is 13.8. The third-order valence-electron chi connectivity index (χ3n) is 5.74. The number of carbonyl (C=O) groups is 1. The molecule has 0 saturated carbocycles. The largest absolute Gasteiger partial charge is 0.497 e. The average molecular weight is 573 g/mol. The van der Waals surface area contributed by atoms with Crippen LogP contribution in [-0.2, 0) is 9.53 Å². The smallest absolute Gasteiger partial charge is 0.338 e. The Morgan fingerprint density at radius 3 is 2.42 bits per heavy atom. The molecule has 0 aliphatic carbocycles. The van der Waals surface area contributed by atoms with Crippen LogP contribution in [0.15, 0.2) is 61.9 Å². The molecule has 188 valence electrons. The highest BCUT2D eigenvalue weighted by Gasteiger charge is 2.33. The maximum Gasteiger partial charge on any atom is 0.338 e. The highest BCUT2D eigenvalue weighted by molar-refractivity contribution is 9.10. The lowest BCUT2D eigenvalue weighted by molar-refractivity contribution is -0.139. The summed E-state index contributed by atoms with van der Waals surface area (Å²) in [5.74, 6) is 1.33. The number of thiazole rings is 1. The molecule has 1 atom stereocenters. The van der Waals surface area contributed by atoms with E-state index >= 15 is 0 Å². The molecule has 0 radical (unpaired) electrons. The number of methoxy groups -OCH3 is 3. The predicted molar refractivity (Wildman–Crippen MR) is 141 cm³/mol. The summed E-state index contributed by atoms with van der Waals surface area (Å²) in [5, 5.41) is 0. The topological polar surface area (TPSA) is 88.4 Å². The molecule has 36 heavy (non-hydrogen) atoms. The van der Waals surface area contributed by atoms with Gasteiger partial charge in [0.05, 0.1) is 54.3 Å². The summed E-state index contributed by atoms with van der Waals surface area (Å²) in [4.78, 5) is 31.9. The first-order valence-corrected chi connectivity index (χ1v) is 12.7. The number of ether oxygens (including phenoxy) is 4. The molecule has 0 unspecified atom stereocenters. The summed E-state index contributed by atoms with van der Waals surface area (Å²) in [7, 11) is 4.71. The van der Waals surface area contributed by atoms with E-state index in [4.69, 9.17) is 18.9 Å². The minimum atomic E-state index is -0.696. The van der Waals surface area contributed by atoms with Gasteiger partial charge in [-0.3, -0.25) is 9.36 Å². The van der Waals surface area contributed by atoms with E-state index in [0.29, 0.717) is 43.4 Å². The average Bonchev–Trinajstić information content (AvgIpc) is 3.17. The third-order valence-corrected chi connectivity index (χ3v) is 7.34. The Morgan fingerprint density at radius 2 is 1.81 bits per heavy atom. The van der Waals surface area contributed by atoms with Gasteiger partial charge in [-0.05, 0) is 59.6 Å². The number of halogens is 1. The van der Waals surface area contributed by atoms with Crippen molar-refractivity contribution >= 4 is 39.3 Å². The lowest BCUT2D eigenvalue weighted by Crippen LogP contribution is -2.39. The number of hydrogen-bond donors (Lipinski definition) is 0. The number of nitrogens with zero attached hydrogens (tertiary/aromatic N) is 2. The maximum absolute atomic E-state index is 13.8. The second-order valence-electron chi connectivity index (χ2n) is 7.80. The van der Waals surface area contributed by atoms with Crippen LogP contribution in [0.2, 0.25) is 0 Å². The van der Waals surface area contributed by atoms with Gasteiger partial charge in [0.2, 0.25) is 0 Å². The van der Waals surface area contributed by atoms with Gasteiger partial charge in [0.25, 0.3) is 5.56 Å². The van der Waals surface area contributed by atoms with E-state index in [9.17, 15) is 9.59 Å². The molecule has 0 saturated heterocycles. The molecular formula is C26H25BrN2O6S. The number of carbonyl (C=O) groups excluding carboxylic acids is 1. The molecule has 0 bridgehead atoms. The van der Waals surface area contributed by atoms with Crippen LogP contribution in [0.3, 0.4) is 0 Å². The first kappa shape index (κ1) is 25.7. The van der Waals surface area contributed by atoms with Gasteiger partial charge in [0.1, 0.15) is 17.2 Å². The quantitative estimate of drug-likeness (QED) is 0.402. The summed E-state index contributed by atoms with van der Waals surface area (Å²) < 4.78 is 24.2. The molecule has 2 aromatic carbocycles. The molecule has 4 rings (SSSR count). The van der Waals surface area contributed by atoms with Crippen molar-refractivity contribution in [3.8, 4) is 17.2 Å². The Kier molecular flexibility index (Phi) is 7.65. The molecule has 0 spiro atoms. The Labute approximate surface area is 220 Å². The van der Waals surface area contributed by atoms with Crippen LogP contribution in [0.1, 0.15) is 31.0 Å². The lowest BCUT2D eigenvalue weighted by Gasteiger charge is -2.24. The molecule has 10 heteroatoms. The number of fused-ring (bicyclic) bond motifs is 1. The molecular weight excluding hydrogens is 548 g/mol. The van der Waals surface area contributed by atoms with Gasteiger partial charge in [0.15, 0.2) is 4.80 Å². The van der Waals surface area contributed by atoms with E-state index in [1.54, 1.807) is 64.0 Å². The van der Waals surface area contributed by atoms with Crippen molar-refractivity contribution < 1.29 is 23.7 Å². The van der Waals surface area contributed by atoms with E-state index in [1.165, 1.54) is 11.3 Å². The third kappa shape index (κ3) is 4.70. The van der Waals surface area contributed by atoms with Gasteiger partial charge in [-0.2, -0.15) is 0 Å². The SMILES string of the molecule is CCOC(=O)C1=C(C)N=c2sc(=Cc3cc(Br)c(OC)cc3OC)c(=O)n2[C@@H]1c1ccc(OC)cc1. The van der Waals surface area contributed by atoms with Gasteiger partial charge in [-0.1, -0.05) is 23.5 Å². The summed E-state index contributed by atoms with van der Waals surface area (Å²) in [6.07, 6.45) is 1.75. The zero-order valence-corrected chi connectivity index (χ0v) is 22.9. The minimum Gasteiger partial charge on any atom is -0.497 e. The molecule has 0 amide bonds. The Balaban J connectivity index is 1.95. The van der Waals surface area contributed by atoms with Crippen molar-refractivity contribution in [3.05, 3.63) is 83.0 Å². The molecule has 0 fully saturated rings. The second-order valence-corrected chi connectivity index (χ2v) is 9.67. The molecule has 1 aromatic heterocycles. The summed E-state index contributed by atoms with van der Waals surface area (Å²) in [6.45, 7) is 3.71. The van der Waals surface area contributed by atoms with Gasteiger partial charge in [0, 0.05) is 11.6 Å². The van der Waals surface area contributed by atoms with Crippen LogP contribution in [-0.4, -0.2) is 38.5 Å². The Morgan fingerprint density at radius 1 is 1.11 bits per heavy atom. The molecule has 2 heterocycles. The highest BCUT2D eigenvalue weighted by Crippen LogP contribution is 2.34. The fraction of sp³-hybridized carbons (Fsp3) is 0.269. The monoisotopic (exact) mass is 572 g/mol. The van der Waals surface area contributed by atoms with E-state index < -0.39 is 12.0 Å². The Bertz CT molecular complexity index is 1520. The van der Waals surface area contributed by atoms with Crippen LogP contribution in [0.5, 0.6) is 17.2 Å². The second kappa shape index (κ2) is 10.7. The predicted octanol–water partition coefficient (Wildman–Crippen LogP) is 3.59. The van der Waals surface area contributed by atoms with Crippen molar-refractivity contribution in [3.63, 3.8) is 0 Å². The van der Waals surface area contributed by atoms with Crippen LogP contribution in [0.4, 0.5) is 0 Å². The molecule has 8 nitrogen and oxygen atoms in total. The summed E-state index contributed by atoms with van der Waals surface area (Å²) in [5.41, 5.74) is 1.99. The van der Waals surface area contributed by atoms with E-state index in [0.717, 1.165) is 10.0 Å². The van der Waals surface area contributed by atoms with Gasteiger partial charge >= 0.3 is 5.97 Å². The minimum absolute atomic E-state index is 0.210. The van der Waals surface area contributed by atoms with Crippen molar-refractivity contribution in [2.75, 3.05) is 27.9 Å². The van der Waals surface area contributed by atoms with Crippen LogP contribution >= 0.6 is 27.3 Å². The van der Waals surface area contributed by atoms with Crippen molar-refractivity contribution in [2.45, 2.75) is 19.9 Å². The van der Waals surface area contributed by atoms with Gasteiger partial charge < -0.3 is 18.9 Å². The highest BCUT2D eigenvalue weighted by atomic mass is 79.9. The number of allylic oxidation sites excluding steroid dienone is 1. The van der Waals surface area contributed by atoms with Crippen molar-refractivity contribution in [1.29, 1.82) is 0 Å². The summed E-state index contributed by atoms with van der Waals surface area (Å²) >= 11 is 4.73. The van der Waals surface area contributed by atoms with Crippen molar-refractivity contribution in [1.82, 2.24) is 4.57 Å². The fourth-order valence-corrected chi connectivity index (χ4v) is 5.59. The molecule has 1 aliphatic rings. The first-order chi connectivity index (χ1) is 17.3. The van der Waals surface area contributed by atoms with Gasteiger partial charge in [-0.25, -0.2) is 9.79 Å². The number of aromatic nitrogens is 1. The first-order valence-electron chi connectivity index (χ1n) is 11.1. The fourth-order valence-electron chi connectivity index (χ4n) is 4.03. The lowest BCUT2D eigenvalue weighted by atomic mass is 9.96. The number of benzene rings is 2. The zero-order chi connectivity index (χ0) is 26.0. The van der Waals surface area contributed by atoms with Crippen LogP contribution in [0, 0.1) is 0 Å². The Hall–Kier alpha value is -3.37. The molecule has 1 aliphatic heterocycles. The number of hydrogen-bond acceptors (Lipinski definition) is 8. The van der Waals surface area contributed by atoms with E-state index in [1.807, 2.05) is 18.2 Å².